The minimum Gasteiger partial charge on any atom is -0.365 e. The summed E-state index contributed by atoms with van der Waals surface area (Å²) in [5.41, 5.74) is 0. The fourth-order valence-corrected chi connectivity index (χ4v) is 0. The van der Waals surface area contributed by atoms with E-state index >= 15 is 0 Å². The summed E-state index contributed by atoms with van der Waals surface area (Å²) in [6.45, 7) is 16.7. The Morgan fingerprint density at radius 3 is 0.778 bits per heavy atom. The Kier molecular flexibility index (Phi) is 22.2. The quantitative estimate of drug-likeness (QED) is 0.414. The van der Waals surface area contributed by atoms with Gasteiger partial charge in [-0.1, -0.05) is 0 Å². The van der Waals surface area contributed by atoms with Crippen LogP contribution in [0.25, 0.3) is 0 Å². The molecule has 0 saturated carbocycles. The molecule has 0 fully saturated rings. The van der Waals surface area contributed by atoms with Gasteiger partial charge in [0.15, 0.2) is 0 Å². The molecule has 0 aromatic heterocycles. The Hall–Kier alpha value is 1.23. The standard InChI is InChI=1S/2C3H8B.Y/c2*1-4(2)3;/h2*1H2,2-3H3;/q2*-1;. The summed E-state index contributed by atoms with van der Waals surface area (Å²) < 4.78 is 0. The SMILES string of the molecule is [CH2-]B(C)C.[CH2-]B(C)C.[Y]. The van der Waals surface area contributed by atoms with Crippen LogP contribution in [0.1, 0.15) is 0 Å². The number of hydrogen-bond acceptors (Lipinski definition) is 0. The topological polar surface area (TPSA) is 0 Å². The van der Waals surface area contributed by atoms with Crippen molar-refractivity contribution in [3.63, 3.8) is 0 Å². The molecule has 0 bridgehead atoms. The van der Waals surface area contributed by atoms with Gasteiger partial charge in [-0.25, -0.2) is 0 Å². The predicted molar refractivity (Wildman–Crippen MR) is 45.7 cm³/mol. The molecule has 0 rings (SSSR count). The fraction of sp³-hybridized carbons (Fsp3) is 0.667. The van der Waals surface area contributed by atoms with Gasteiger partial charge in [0.2, 0.25) is 0 Å². The Bertz CT molecular complexity index is 26.5. The van der Waals surface area contributed by atoms with E-state index in [2.05, 4.69) is 40.9 Å². The molecule has 0 unspecified atom stereocenters. The van der Waals surface area contributed by atoms with Crippen LogP contribution in [0.4, 0.5) is 0 Å². The second-order valence-electron chi connectivity index (χ2n) is 2.79. The third kappa shape index (κ3) is 317. The molecule has 0 aromatic rings. The molecule has 0 N–H and O–H groups in total. The van der Waals surface area contributed by atoms with Gasteiger partial charge in [-0.15, -0.1) is 27.3 Å². The minimum absolute atomic E-state index is 0. The molecule has 0 saturated heterocycles. The summed E-state index contributed by atoms with van der Waals surface area (Å²) in [5.74, 6) is 0. The monoisotopic (exact) mass is 199 g/mol. The maximum absolute atomic E-state index is 3.64. The number of rotatable bonds is 0. The smallest absolute Gasteiger partial charge is 0 e. The summed E-state index contributed by atoms with van der Waals surface area (Å²) in [7, 11) is 0. The molecule has 0 atom stereocenters. The Morgan fingerprint density at radius 2 is 0.778 bits per heavy atom. The second-order valence-corrected chi connectivity index (χ2v) is 2.79. The minimum atomic E-state index is 0. The zero-order valence-corrected chi connectivity index (χ0v) is 9.98. The van der Waals surface area contributed by atoms with E-state index in [1.54, 1.807) is 0 Å². The zero-order valence-electron chi connectivity index (χ0n) is 7.15. The second kappa shape index (κ2) is 12.0. The van der Waals surface area contributed by atoms with Gasteiger partial charge in [-0.05, 0) is 13.4 Å². The van der Waals surface area contributed by atoms with Gasteiger partial charge < -0.3 is 13.6 Å². The van der Waals surface area contributed by atoms with Crippen LogP contribution >= 0.6 is 0 Å². The van der Waals surface area contributed by atoms with Crippen molar-refractivity contribution in [2.45, 2.75) is 27.3 Å². The summed E-state index contributed by atoms with van der Waals surface area (Å²) >= 11 is 0. The van der Waals surface area contributed by atoms with Gasteiger partial charge in [-0.3, -0.25) is 0 Å². The van der Waals surface area contributed by atoms with Crippen LogP contribution in [-0.4, -0.2) is 13.4 Å². The van der Waals surface area contributed by atoms with E-state index in [1.807, 2.05) is 0 Å². The maximum Gasteiger partial charge on any atom is 0 e. The molecule has 0 nitrogen and oxygen atoms in total. The van der Waals surface area contributed by atoms with Gasteiger partial charge >= 0.3 is 0 Å². The average Bonchev–Trinajstić information content (AvgIpc) is 1.25. The zero-order chi connectivity index (χ0) is 7.15. The summed E-state index contributed by atoms with van der Waals surface area (Å²) in [4.78, 5) is 0. The van der Waals surface area contributed by atoms with Gasteiger partial charge in [0.1, 0.15) is 0 Å². The van der Waals surface area contributed by atoms with Crippen molar-refractivity contribution in [1.82, 2.24) is 0 Å². The van der Waals surface area contributed by atoms with E-state index < -0.39 is 0 Å². The first-order chi connectivity index (χ1) is 3.46. The van der Waals surface area contributed by atoms with Crippen LogP contribution in [0, 0.1) is 13.6 Å². The molecular formula is C6H16B2Y-2. The van der Waals surface area contributed by atoms with Crippen LogP contribution < -0.4 is 0 Å². The van der Waals surface area contributed by atoms with E-state index in [9.17, 15) is 0 Å². The van der Waals surface area contributed by atoms with Crippen molar-refractivity contribution in [3.05, 3.63) is 13.6 Å². The molecule has 0 spiro atoms. The van der Waals surface area contributed by atoms with Crippen molar-refractivity contribution in [2.24, 2.45) is 0 Å². The van der Waals surface area contributed by atoms with Gasteiger partial charge in [0.25, 0.3) is 0 Å². The third-order valence-electron chi connectivity index (χ3n) is 0. The van der Waals surface area contributed by atoms with Gasteiger partial charge in [0.05, 0.1) is 0 Å². The van der Waals surface area contributed by atoms with E-state index in [-0.39, 0.29) is 32.7 Å². The normalized spacial score (nSPS) is 6.00. The third-order valence-corrected chi connectivity index (χ3v) is 0. The molecule has 0 aliphatic rings. The first kappa shape index (κ1) is 16.7. The molecular weight excluding hydrogens is 183 g/mol. The number of hydrogen-bond donors (Lipinski definition) is 0. The fourth-order valence-electron chi connectivity index (χ4n) is 0. The predicted octanol–water partition coefficient (Wildman–Crippen LogP) is 2.23. The van der Waals surface area contributed by atoms with Crippen LogP contribution in [-0.2, 0) is 32.7 Å². The first-order valence-corrected chi connectivity index (χ1v) is 3.13. The van der Waals surface area contributed by atoms with E-state index in [1.165, 1.54) is 0 Å². The molecule has 0 heterocycles. The van der Waals surface area contributed by atoms with E-state index in [0.717, 1.165) is 0 Å². The molecule has 0 amide bonds. The molecule has 9 heavy (non-hydrogen) atoms. The van der Waals surface area contributed by atoms with Crippen molar-refractivity contribution in [2.75, 3.05) is 0 Å². The van der Waals surface area contributed by atoms with E-state index in [4.69, 9.17) is 0 Å². The molecule has 51 valence electrons. The average molecular weight is 199 g/mol. The van der Waals surface area contributed by atoms with Crippen molar-refractivity contribution >= 4 is 13.4 Å². The molecule has 3 heteroatoms. The summed E-state index contributed by atoms with van der Waals surface area (Å²) in [6.07, 6.45) is 0. The summed E-state index contributed by atoms with van der Waals surface area (Å²) in [5, 5.41) is 0. The molecule has 0 aliphatic heterocycles. The van der Waals surface area contributed by atoms with Gasteiger partial charge in [0, 0.05) is 32.7 Å². The van der Waals surface area contributed by atoms with Crippen LogP contribution in [0.15, 0.2) is 0 Å². The van der Waals surface area contributed by atoms with E-state index in [0.29, 0.717) is 13.4 Å². The maximum atomic E-state index is 3.64. The van der Waals surface area contributed by atoms with Crippen molar-refractivity contribution in [3.8, 4) is 0 Å². The van der Waals surface area contributed by atoms with Crippen LogP contribution in [0.3, 0.4) is 0 Å². The largest absolute Gasteiger partial charge is 0.365 e. The van der Waals surface area contributed by atoms with Crippen molar-refractivity contribution < 1.29 is 32.7 Å². The first-order valence-electron chi connectivity index (χ1n) is 3.13. The Morgan fingerprint density at radius 1 is 0.778 bits per heavy atom. The molecule has 1 radical (unpaired) electrons. The molecule has 0 aromatic carbocycles. The van der Waals surface area contributed by atoms with Crippen LogP contribution in [0.2, 0.25) is 27.3 Å². The molecule has 0 aliphatic carbocycles. The van der Waals surface area contributed by atoms with Crippen LogP contribution in [0.5, 0.6) is 0 Å². The summed E-state index contributed by atoms with van der Waals surface area (Å²) in [6, 6.07) is 0. The van der Waals surface area contributed by atoms with Crippen molar-refractivity contribution in [1.29, 1.82) is 0 Å². The Balaban J connectivity index is -0.0000000720. The van der Waals surface area contributed by atoms with Gasteiger partial charge in [-0.2, -0.15) is 0 Å². The Labute approximate surface area is 86.6 Å².